The minimum Gasteiger partial charge on any atom is -0.494 e. The van der Waals surface area contributed by atoms with E-state index >= 15 is 0 Å². The smallest absolute Gasteiger partial charge is 0.127 e. The maximum atomic E-state index is 13.8. The van der Waals surface area contributed by atoms with Gasteiger partial charge in [0.15, 0.2) is 0 Å². The van der Waals surface area contributed by atoms with Gasteiger partial charge >= 0.3 is 0 Å². The molecule has 2 aromatic carbocycles. The van der Waals surface area contributed by atoms with Crippen LogP contribution in [0, 0.1) is 5.82 Å². The first-order valence-corrected chi connectivity index (χ1v) is 7.65. The van der Waals surface area contributed by atoms with E-state index in [4.69, 9.17) is 4.74 Å². The van der Waals surface area contributed by atoms with Crippen molar-refractivity contribution >= 4 is 31.9 Å². The van der Waals surface area contributed by atoms with Crippen LogP contribution in [0.25, 0.3) is 0 Å². The van der Waals surface area contributed by atoms with Crippen LogP contribution in [-0.2, 0) is 0 Å². The van der Waals surface area contributed by atoms with Crippen LogP contribution in [0.2, 0.25) is 0 Å². The van der Waals surface area contributed by atoms with E-state index in [1.807, 2.05) is 31.2 Å². The lowest BCUT2D eigenvalue weighted by atomic mass is 10.0. The van der Waals surface area contributed by atoms with Gasteiger partial charge in [-0.05, 0) is 30.7 Å². The maximum Gasteiger partial charge on any atom is 0.127 e. The number of hydrogen-bond acceptors (Lipinski definition) is 1. The van der Waals surface area contributed by atoms with E-state index in [-0.39, 0.29) is 10.6 Å². The first-order valence-electron chi connectivity index (χ1n) is 5.94. The standard InChI is InChI=1S/C15H13Br2FO/c1-2-19-10-7-8-11(13(16)9-10)15(17)12-5-3-4-6-14(12)18/h3-9,15H,2H2,1H3. The van der Waals surface area contributed by atoms with Gasteiger partial charge in [-0.25, -0.2) is 4.39 Å². The van der Waals surface area contributed by atoms with Gasteiger partial charge in [0.1, 0.15) is 11.6 Å². The van der Waals surface area contributed by atoms with Gasteiger partial charge in [-0.15, -0.1) is 0 Å². The number of rotatable bonds is 4. The van der Waals surface area contributed by atoms with Crippen LogP contribution in [0.15, 0.2) is 46.9 Å². The quantitative estimate of drug-likeness (QED) is 0.632. The zero-order chi connectivity index (χ0) is 13.8. The minimum absolute atomic E-state index is 0.196. The SMILES string of the molecule is CCOc1ccc(C(Br)c2ccccc2F)c(Br)c1. The molecule has 0 fully saturated rings. The normalized spacial score (nSPS) is 12.2. The monoisotopic (exact) mass is 386 g/mol. The molecule has 4 heteroatoms. The van der Waals surface area contributed by atoms with Gasteiger partial charge in [-0.2, -0.15) is 0 Å². The molecule has 0 bridgehead atoms. The lowest BCUT2D eigenvalue weighted by Gasteiger charge is -2.14. The van der Waals surface area contributed by atoms with Crippen LogP contribution in [0.5, 0.6) is 5.75 Å². The van der Waals surface area contributed by atoms with Gasteiger partial charge in [-0.1, -0.05) is 56.1 Å². The number of halogens is 3. The van der Waals surface area contributed by atoms with Crippen LogP contribution in [0.1, 0.15) is 22.9 Å². The van der Waals surface area contributed by atoms with Gasteiger partial charge in [-0.3, -0.25) is 0 Å². The second kappa shape index (κ2) is 6.53. The van der Waals surface area contributed by atoms with Gasteiger partial charge in [0.25, 0.3) is 0 Å². The summed E-state index contributed by atoms with van der Waals surface area (Å²) in [6.07, 6.45) is 0. The Balaban J connectivity index is 2.34. The van der Waals surface area contributed by atoms with Crippen molar-refractivity contribution in [3.63, 3.8) is 0 Å². The summed E-state index contributed by atoms with van der Waals surface area (Å²) in [4.78, 5) is -0.196. The fourth-order valence-corrected chi connectivity index (χ4v) is 3.48. The van der Waals surface area contributed by atoms with Crippen molar-refractivity contribution in [1.82, 2.24) is 0 Å². The molecule has 0 aromatic heterocycles. The summed E-state index contributed by atoms with van der Waals surface area (Å²) in [5.74, 6) is 0.580. The summed E-state index contributed by atoms with van der Waals surface area (Å²) in [7, 11) is 0. The summed E-state index contributed by atoms with van der Waals surface area (Å²) in [5, 5.41) is 0. The van der Waals surface area contributed by atoms with Crippen molar-refractivity contribution in [2.45, 2.75) is 11.8 Å². The Hall–Kier alpha value is -0.870. The van der Waals surface area contributed by atoms with E-state index in [2.05, 4.69) is 31.9 Å². The van der Waals surface area contributed by atoms with Gasteiger partial charge in [0.2, 0.25) is 0 Å². The molecule has 100 valence electrons. The first-order chi connectivity index (χ1) is 9.13. The van der Waals surface area contributed by atoms with E-state index < -0.39 is 0 Å². The van der Waals surface area contributed by atoms with Crippen molar-refractivity contribution in [1.29, 1.82) is 0 Å². The summed E-state index contributed by atoms with van der Waals surface area (Å²) >= 11 is 7.06. The van der Waals surface area contributed by atoms with Crippen molar-refractivity contribution < 1.29 is 9.13 Å². The highest BCUT2D eigenvalue weighted by molar-refractivity contribution is 9.11. The number of hydrogen-bond donors (Lipinski definition) is 0. The van der Waals surface area contributed by atoms with Crippen LogP contribution < -0.4 is 4.74 Å². The molecule has 2 rings (SSSR count). The topological polar surface area (TPSA) is 9.23 Å². The third-order valence-electron chi connectivity index (χ3n) is 2.73. The Kier molecular flexibility index (Phi) is 4.99. The van der Waals surface area contributed by atoms with E-state index in [0.29, 0.717) is 12.2 Å². The number of ether oxygens (including phenoxy) is 1. The highest BCUT2D eigenvalue weighted by Gasteiger charge is 2.17. The van der Waals surface area contributed by atoms with Crippen LogP contribution in [0.4, 0.5) is 4.39 Å². The van der Waals surface area contributed by atoms with E-state index in [0.717, 1.165) is 15.8 Å². The molecule has 1 unspecified atom stereocenters. The number of benzene rings is 2. The van der Waals surface area contributed by atoms with Crippen molar-refractivity contribution in [2.24, 2.45) is 0 Å². The molecular formula is C15H13Br2FO. The Morgan fingerprint density at radius 2 is 1.89 bits per heavy atom. The zero-order valence-corrected chi connectivity index (χ0v) is 13.5. The van der Waals surface area contributed by atoms with E-state index in [9.17, 15) is 4.39 Å². The van der Waals surface area contributed by atoms with E-state index in [1.54, 1.807) is 12.1 Å². The third kappa shape index (κ3) is 3.37. The molecule has 0 aliphatic carbocycles. The molecule has 0 heterocycles. The number of alkyl halides is 1. The second-order valence-electron chi connectivity index (χ2n) is 4.00. The Morgan fingerprint density at radius 1 is 1.16 bits per heavy atom. The average molecular weight is 388 g/mol. The lowest BCUT2D eigenvalue weighted by Crippen LogP contribution is -1.98. The molecule has 0 aliphatic heterocycles. The highest BCUT2D eigenvalue weighted by atomic mass is 79.9. The van der Waals surface area contributed by atoms with Crippen LogP contribution >= 0.6 is 31.9 Å². The van der Waals surface area contributed by atoms with Gasteiger partial charge in [0, 0.05) is 10.0 Å². The minimum atomic E-state index is -0.217. The largest absolute Gasteiger partial charge is 0.494 e. The molecule has 19 heavy (non-hydrogen) atoms. The lowest BCUT2D eigenvalue weighted by molar-refractivity contribution is 0.340. The summed E-state index contributed by atoms with van der Waals surface area (Å²) in [6.45, 7) is 2.56. The van der Waals surface area contributed by atoms with Crippen molar-refractivity contribution in [3.8, 4) is 5.75 Å². The molecule has 0 saturated carbocycles. The summed E-state index contributed by atoms with van der Waals surface area (Å²) in [5.41, 5.74) is 1.58. The molecule has 0 spiro atoms. The molecule has 0 N–H and O–H groups in total. The fourth-order valence-electron chi connectivity index (χ4n) is 1.82. The van der Waals surface area contributed by atoms with Gasteiger partial charge in [0.05, 0.1) is 11.4 Å². The summed E-state index contributed by atoms with van der Waals surface area (Å²) in [6, 6.07) is 12.5. The molecule has 0 saturated heterocycles. The molecule has 1 nitrogen and oxygen atoms in total. The zero-order valence-electron chi connectivity index (χ0n) is 10.4. The molecule has 1 atom stereocenters. The average Bonchev–Trinajstić information content (AvgIpc) is 2.39. The maximum absolute atomic E-state index is 13.8. The van der Waals surface area contributed by atoms with Gasteiger partial charge < -0.3 is 4.74 Å². The Bertz CT molecular complexity index is 572. The first kappa shape index (κ1) is 14.5. The fraction of sp³-hybridized carbons (Fsp3) is 0.200. The van der Waals surface area contributed by atoms with Crippen LogP contribution in [0.3, 0.4) is 0 Å². The second-order valence-corrected chi connectivity index (χ2v) is 5.77. The van der Waals surface area contributed by atoms with E-state index in [1.165, 1.54) is 6.07 Å². The summed E-state index contributed by atoms with van der Waals surface area (Å²) < 4.78 is 20.1. The molecule has 0 aliphatic rings. The molecular weight excluding hydrogens is 375 g/mol. The molecule has 2 aromatic rings. The molecule has 0 amide bonds. The van der Waals surface area contributed by atoms with Crippen molar-refractivity contribution in [3.05, 3.63) is 63.9 Å². The predicted molar refractivity (Wildman–Crippen MR) is 82.5 cm³/mol. The Morgan fingerprint density at radius 3 is 2.53 bits per heavy atom. The van der Waals surface area contributed by atoms with Crippen LogP contribution in [-0.4, -0.2) is 6.61 Å². The molecule has 0 radical (unpaired) electrons. The third-order valence-corrected chi connectivity index (χ3v) is 4.41. The van der Waals surface area contributed by atoms with Crippen molar-refractivity contribution in [2.75, 3.05) is 6.61 Å². The predicted octanol–water partition coefficient (Wildman–Crippen LogP) is 5.47. The highest BCUT2D eigenvalue weighted by Crippen LogP contribution is 2.37. The Labute approximate surface area is 129 Å².